The Morgan fingerprint density at radius 1 is 1.11 bits per heavy atom. The molecule has 0 saturated heterocycles. The summed E-state index contributed by atoms with van der Waals surface area (Å²) in [7, 11) is 1.43. The average Bonchev–Trinajstić information content (AvgIpc) is 2.82. The highest BCUT2D eigenvalue weighted by molar-refractivity contribution is 6.30. The Morgan fingerprint density at radius 3 is 2.58 bits per heavy atom. The van der Waals surface area contributed by atoms with Crippen molar-refractivity contribution in [2.45, 2.75) is 26.4 Å². The van der Waals surface area contributed by atoms with Gasteiger partial charge in [0, 0.05) is 30.5 Å². The quantitative estimate of drug-likeness (QED) is 0.377. The first-order valence-electron chi connectivity index (χ1n) is 10.9. The normalized spacial score (nSPS) is 10.9. The van der Waals surface area contributed by atoms with Crippen LogP contribution in [0.4, 0.5) is 20.7 Å². The fraction of sp³-hybridized carbons (Fsp3) is 0.292. The topological polar surface area (TPSA) is 127 Å². The molecule has 0 bridgehead atoms. The summed E-state index contributed by atoms with van der Waals surface area (Å²) in [5.74, 6) is -0.434. The third kappa shape index (κ3) is 7.25. The molecule has 0 saturated carbocycles. The van der Waals surface area contributed by atoms with Crippen LogP contribution in [-0.4, -0.2) is 52.8 Å². The van der Waals surface area contributed by atoms with Crippen LogP contribution in [0.15, 0.2) is 42.9 Å². The van der Waals surface area contributed by atoms with Gasteiger partial charge in [-0.05, 0) is 45.0 Å². The lowest BCUT2D eigenvalue weighted by Crippen LogP contribution is -2.38. The fourth-order valence-electron chi connectivity index (χ4n) is 2.97. The molecular weight excluding hydrogens is 491 g/mol. The molecule has 3 rings (SSSR count). The number of hydrogen-bond acceptors (Lipinski definition) is 8. The Kier molecular flexibility index (Phi) is 8.59. The second kappa shape index (κ2) is 11.6. The number of amides is 2. The van der Waals surface area contributed by atoms with E-state index in [-0.39, 0.29) is 41.6 Å². The maximum Gasteiger partial charge on any atom is 0.407 e. The maximum absolute atomic E-state index is 14.4. The monoisotopic (exact) mass is 516 g/mol. The molecule has 0 aliphatic carbocycles. The molecule has 0 unspecified atom stereocenters. The van der Waals surface area contributed by atoms with E-state index < -0.39 is 23.4 Å². The first-order chi connectivity index (χ1) is 17.1. The van der Waals surface area contributed by atoms with Gasteiger partial charge in [0.1, 0.15) is 11.4 Å². The lowest BCUT2D eigenvalue weighted by molar-refractivity contribution is 0.0526. The number of methoxy groups -OCH3 is 1. The van der Waals surface area contributed by atoms with Crippen LogP contribution in [0.2, 0.25) is 5.02 Å². The minimum atomic E-state index is -0.621. The maximum atomic E-state index is 14.4. The van der Waals surface area contributed by atoms with Gasteiger partial charge in [-0.15, -0.1) is 0 Å². The predicted octanol–water partition coefficient (Wildman–Crippen LogP) is 4.34. The van der Waals surface area contributed by atoms with Crippen molar-refractivity contribution in [3.8, 4) is 17.1 Å². The number of ether oxygens (including phenoxy) is 2. The van der Waals surface area contributed by atoms with Crippen molar-refractivity contribution in [3.05, 3.63) is 59.3 Å². The number of pyridine rings is 1. The first-order valence-corrected chi connectivity index (χ1v) is 11.3. The van der Waals surface area contributed by atoms with E-state index in [0.717, 1.165) is 0 Å². The van der Waals surface area contributed by atoms with Crippen molar-refractivity contribution in [1.82, 2.24) is 25.6 Å². The standard InChI is InChI=1S/C24H26ClFN6O4/c1-24(2,3)36-23(34)29-10-9-28-22(33)16-12-27-8-7-18(16)31-21-19(35-4)13-30-20(32-21)15-11-14(25)5-6-17(15)26/h5-8,11-13H,9-10H2,1-4H3,(H,28,33)(H,29,34)(H,27,30,31,32). The second-order valence-corrected chi connectivity index (χ2v) is 8.90. The fourth-order valence-corrected chi connectivity index (χ4v) is 3.14. The van der Waals surface area contributed by atoms with E-state index in [0.29, 0.717) is 10.7 Å². The van der Waals surface area contributed by atoms with E-state index >= 15 is 0 Å². The molecule has 2 aromatic heterocycles. The van der Waals surface area contributed by atoms with Gasteiger partial charge in [0.15, 0.2) is 17.4 Å². The zero-order valence-corrected chi connectivity index (χ0v) is 20.9. The summed E-state index contributed by atoms with van der Waals surface area (Å²) in [5.41, 5.74) is 0.0748. The number of benzene rings is 1. The zero-order chi connectivity index (χ0) is 26.3. The minimum absolute atomic E-state index is 0.0755. The van der Waals surface area contributed by atoms with Crippen LogP contribution in [0.1, 0.15) is 31.1 Å². The van der Waals surface area contributed by atoms with Crippen LogP contribution < -0.4 is 20.7 Å². The molecule has 12 heteroatoms. The summed E-state index contributed by atoms with van der Waals surface area (Å²) in [4.78, 5) is 37.1. The smallest absolute Gasteiger partial charge is 0.407 e. The first kappa shape index (κ1) is 26.6. The Morgan fingerprint density at radius 2 is 1.86 bits per heavy atom. The van der Waals surface area contributed by atoms with Crippen LogP contribution in [-0.2, 0) is 4.74 Å². The number of rotatable bonds is 8. The molecule has 0 spiro atoms. The molecule has 1 aromatic carbocycles. The highest BCUT2D eigenvalue weighted by atomic mass is 35.5. The Labute approximate surface area is 212 Å². The van der Waals surface area contributed by atoms with Crippen LogP contribution in [0, 0.1) is 5.82 Å². The zero-order valence-electron chi connectivity index (χ0n) is 20.2. The summed E-state index contributed by atoms with van der Waals surface area (Å²) in [6.45, 7) is 5.59. The molecule has 2 heterocycles. The van der Waals surface area contributed by atoms with Gasteiger partial charge in [-0.2, -0.15) is 0 Å². The van der Waals surface area contributed by atoms with Crippen LogP contribution in [0.5, 0.6) is 5.75 Å². The van der Waals surface area contributed by atoms with Gasteiger partial charge < -0.3 is 25.4 Å². The van der Waals surface area contributed by atoms with E-state index in [1.54, 1.807) is 26.8 Å². The number of anilines is 2. The molecule has 0 fully saturated rings. The second-order valence-electron chi connectivity index (χ2n) is 8.47. The lowest BCUT2D eigenvalue weighted by Gasteiger charge is -2.19. The van der Waals surface area contributed by atoms with Crippen molar-refractivity contribution < 1.29 is 23.5 Å². The molecule has 0 aliphatic heterocycles. The number of carbonyl (C=O) groups is 2. The molecule has 36 heavy (non-hydrogen) atoms. The largest absolute Gasteiger partial charge is 0.491 e. The molecule has 0 aliphatic rings. The van der Waals surface area contributed by atoms with Crippen LogP contribution in [0.3, 0.4) is 0 Å². The van der Waals surface area contributed by atoms with E-state index in [9.17, 15) is 14.0 Å². The number of nitrogens with zero attached hydrogens (tertiary/aromatic N) is 3. The van der Waals surface area contributed by atoms with E-state index in [1.807, 2.05) is 0 Å². The van der Waals surface area contributed by atoms with Gasteiger partial charge in [-0.25, -0.2) is 19.2 Å². The molecule has 0 atom stereocenters. The van der Waals surface area contributed by atoms with Crippen molar-refractivity contribution >= 4 is 35.1 Å². The predicted molar refractivity (Wildman–Crippen MR) is 133 cm³/mol. The van der Waals surface area contributed by atoms with Crippen molar-refractivity contribution in [1.29, 1.82) is 0 Å². The van der Waals surface area contributed by atoms with Gasteiger partial charge in [0.05, 0.1) is 30.1 Å². The van der Waals surface area contributed by atoms with Crippen molar-refractivity contribution in [2.24, 2.45) is 0 Å². The van der Waals surface area contributed by atoms with E-state index in [1.165, 1.54) is 43.9 Å². The van der Waals surface area contributed by atoms with Crippen LogP contribution in [0.25, 0.3) is 11.4 Å². The van der Waals surface area contributed by atoms with Gasteiger partial charge in [-0.3, -0.25) is 9.78 Å². The number of carbonyl (C=O) groups excluding carboxylic acids is 2. The third-order valence-corrected chi connectivity index (χ3v) is 4.78. The molecule has 3 aromatic rings. The highest BCUT2D eigenvalue weighted by Gasteiger charge is 2.18. The summed E-state index contributed by atoms with van der Waals surface area (Å²) in [6, 6.07) is 5.64. The summed E-state index contributed by atoms with van der Waals surface area (Å²) < 4.78 is 24.8. The molecule has 190 valence electrons. The highest BCUT2D eigenvalue weighted by Crippen LogP contribution is 2.30. The summed E-state index contributed by atoms with van der Waals surface area (Å²) in [6.07, 6.45) is 3.68. The number of nitrogens with one attached hydrogen (secondary N) is 3. The van der Waals surface area contributed by atoms with Crippen LogP contribution >= 0.6 is 11.6 Å². The van der Waals surface area contributed by atoms with E-state index in [4.69, 9.17) is 21.1 Å². The molecule has 2 amide bonds. The number of halogens is 2. The Bertz CT molecular complexity index is 1250. The minimum Gasteiger partial charge on any atom is -0.491 e. The number of alkyl carbamates (subject to hydrolysis) is 1. The number of hydrogen-bond donors (Lipinski definition) is 3. The van der Waals surface area contributed by atoms with Gasteiger partial charge in [0.25, 0.3) is 5.91 Å². The van der Waals surface area contributed by atoms with Gasteiger partial charge in [-0.1, -0.05) is 11.6 Å². The van der Waals surface area contributed by atoms with Gasteiger partial charge >= 0.3 is 6.09 Å². The molecule has 10 nitrogen and oxygen atoms in total. The third-order valence-electron chi connectivity index (χ3n) is 4.54. The molecule has 0 radical (unpaired) electrons. The van der Waals surface area contributed by atoms with Gasteiger partial charge in [0.2, 0.25) is 0 Å². The summed E-state index contributed by atoms with van der Waals surface area (Å²) >= 11 is 6.00. The van der Waals surface area contributed by atoms with E-state index in [2.05, 4.69) is 30.9 Å². The Balaban J connectivity index is 1.75. The lowest BCUT2D eigenvalue weighted by atomic mass is 10.2. The molecular formula is C24H26ClFN6O4. The average molecular weight is 517 g/mol. The SMILES string of the molecule is COc1cnc(-c2cc(Cl)ccc2F)nc1Nc1ccncc1C(=O)NCCNC(=O)OC(C)(C)C. The molecule has 3 N–H and O–H groups in total. The Hall–Kier alpha value is -3.99. The van der Waals surface area contributed by atoms with Crippen molar-refractivity contribution in [3.63, 3.8) is 0 Å². The summed E-state index contributed by atoms with van der Waals surface area (Å²) in [5, 5.41) is 8.63. The van der Waals surface area contributed by atoms with Crippen molar-refractivity contribution in [2.75, 3.05) is 25.5 Å². The number of aromatic nitrogens is 3.